The largest absolute Gasteiger partial charge is 0.355 e. The Hall–Kier alpha value is -1.38. The number of nitrogens with one attached hydrogen (secondary N) is 3. The van der Waals surface area contributed by atoms with Gasteiger partial charge in [0.2, 0.25) is 0 Å². The van der Waals surface area contributed by atoms with Gasteiger partial charge in [0.25, 0.3) is 5.91 Å². The van der Waals surface area contributed by atoms with Crippen molar-refractivity contribution in [1.82, 2.24) is 20.9 Å². The minimum absolute atomic E-state index is 0. The zero-order valence-corrected chi connectivity index (χ0v) is 18.3. The van der Waals surface area contributed by atoms with E-state index in [9.17, 15) is 4.79 Å². The van der Waals surface area contributed by atoms with Crippen LogP contribution in [0.2, 0.25) is 0 Å². The molecule has 0 fully saturated rings. The van der Waals surface area contributed by atoms with Crippen LogP contribution in [0.25, 0.3) is 0 Å². The summed E-state index contributed by atoms with van der Waals surface area (Å²) in [4.78, 5) is 20.0. The molecule has 1 aromatic rings. The monoisotopic (exact) mass is 461 g/mol. The van der Waals surface area contributed by atoms with Crippen molar-refractivity contribution in [3.05, 3.63) is 30.1 Å². The maximum atomic E-state index is 11.9. The number of aromatic nitrogens is 1. The second-order valence-electron chi connectivity index (χ2n) is 7.14. The van der Waals surface area contributed by atoms with Crippen LogP contribution < -0.4 is 16.0 Å². The van der Waals surface area contributed by atoms with E-state index in [-0.39, 0.29) is 29.9 Å². The van der Waals surface area contributed by atoms with E-state index in [2.05, 4.69) is 53.6 Å². The highest BCUT2D eigenvalue weighted by molar-refractivity contribution is 14.0. The molecule has 0 aliphatic heterocycles. The standard InChI is InChI=1S/C18H31N5O.HI/c1-14(8-9-18(2,3)4)23-17(19-5)22-12-11-21-16(24)15-7-6-10-20-13-15;/h6-7,10,13-14H,8-9,11-12H2,1-5H3,(H,21,24)(H2,19,22,23);1H. The van der Waals surface area contributed by atoms with Crippen LogP contribution in [0.3, 0.4) is 0 Å². The van der Waals surface area contributed by atoms with Gasteiger partial charge in [-0.25, -0.2) is 0 Å². The first-order chi connectivity index (χ1) is 11.3. The number of nitrogens with zero attached hydrogens (tertiary/aromatic N) is 2. The van der Waals surface area contributed by atoms with Crippen LogP contribution in [0.4, 0.5) is 0 Å². The number of hydrogen-bond donors (Lipinski definition) is 3. The average molecular weight is 461 g/mol. The molecule has 0 spiro atoms. The van der Waals surface area contributed by atoms with Gasteiger partial charge in [0, 0.05) is 38.6 Å². The molecule has 6 nitrogen and oxygen atoms in total. The van der Waals surface area contributed by atoms with Gasteiger partial charge < -0.3 is 16.0 Å². The Morgan fingerprint density at radius 1 is 1.28 bits per heavy atom. The van der Waals surface area contributed by atoms with Gasteiger partial charge in [-0.1, -0.05) is 20.8 Å². The molecule has 1 atom stereocenters. The highest BCUT2D eigenvalue weighted by Crippen LogP contribution is 2.21. The Labute approximate surface area is 168 Å². The summed E-state index contributed by atoms with van der Waals surface area (Å²) >= 11 is 0. The number of amides is 1. The number of halogens is 1. The second kappa shape index (κ2) is 12.1. The highest BCUT2D eigenvalue weighted by Gasteiger charge is 2.13. The third kappa shape index (κ3) is 11.0. The van der Waals surface area contributed by atoms with Gasteiger partial charge in [-0.05, 0) is 37.3 Å². The van der Waals surface area contributed by atoms with E-state index >= 15 is 0 Å². The van der Waals surface area contributed by atoms with Crippen LogP contribution in [0, 0.1) is 5.41 Å². The van der Waals surface area contributed by atoms with Gasteiger partial charge in [0.1, 0.15) is 0 Å². The van der Waals surface area contributed by atoms with Crippen molar-refractivity contribution in [1.29, 1.82) is 0 Å². The second-order valence-corrected chi connectivity index (χ2v) is 7.14. The summed E-state index contributed by atoms with van der Waals surface area (Å²) in [5.41, 5.74) is 0.902. The van der Waals surface area contributed by atoms with Crippen molar-refractivity contribution in [2.24, 2.45) is 10.4 Å². The molecule has 0 aliphatic carbocycles. The van der Waals surface area contributed by atoms with Crippen molar-refractivity contribution >= 4 is 35.8 Å². The average Bonchev–Trinajstić information content (AvgIpc) is 2.55. The van der Waals surface area contributed by atoms with Crippen LogP contribution in [0.5, 0.6) is 0 Å². The zero-order valence-electron chi connectivity index (χ0n) is 15.9. The summed E-state index contributed by atoms with van der Waals surface area (Å²) in [7, 11) is 1.75. The molecular formula is C18H32IN5O. The van der Waals surface area contributed by atoms with Gasteiger partial charge in [-0.3, -0.25) is 14.8 Å². The molecule has 142 valence electrons. The van der Waals surface area contributed by atoms with Crippen molar-refractivity contribution in [3.63, 3.8) is 0 Å². The first-order valence-electron chi connectivity index (χ1n) is 8.47. The number of aliphatic imine (C=N–C) groups is 1. The minimum Gasteiger partial charge on any atom is -0.355 e. The molecule has 1 rings (SSSR count). The Bertz CT molecular complexity index is 528. The summed E-state index contributed by atoms with van der Waals surface area (Å²) in [6.45, 7) is 10.0. The maximum absolute atomic E-state index is 11.9. The highest BCUT2D eigenvalue weighted by atomic mass is 127. The first kappa shape index (κ1) is 23.6. The number of pyridine rings is 1. The molecule has 1 amide bonds. The molecule has 0 bridgehead atoms. The normalized spacial score (nSPS) is 12.8. The Morgan fingerprint density at radius 2 is 1.96 bits per heavy atom. The van der Waals surface area contributed by atoms with Crippen LogP contribution in [-0.2, 0) is 0 Å². The fourth-order valence-corrected chi connectivity index (χ4v) is 2.11. The smallest absolute Gasteiger partial charge is 0.252 e. The third-order valence-corrected chi connectivity index (χ3v) is 3.56. The number of rotatable bonds is 7. The van der Waals surface area contributed by atoms with E-state index in [1.807, 2.05) is 0 Å². The van der Waals surface area contributed by atoms with Crippen molar-refractivity contribution < 1.29 is 4.79 Å². The van der Waals surface area contributed by atoms with Crippen molar-refractivity contribution in [2.75, 3.05) is 20.1 Å². The SMILES string of the molecule is CN=C(NCCNC(=O)c1cccnc1)NC(C)CCC(C)(C)C.I. The summed E-state index contributed by atoms with van der Waals surface area (Å²) in [5.74, 6) is 0.637. The quantitative estimate of drug-likeness (QED) is 0.253. The Morgan fingerprint density at radius 3 is 2.52 bits per heavy atom. The maximum Gasteiger partial charge on any atom is 0.252 e. The fourth-order valence-electron chi connectivity index (χ4n) is 2.11. The van der Waals surface area contributed by atoms with Gasteiger partial charge in [-0.2, -0.15) is 0 Å². The van der Waals surface area contributed by atoms with E-state index in [1.165, 1.54) is 0 Å². The van der Waals surface area contributed by atoms with Gasteiger partial charge >= 0.3 is 0 Å². The van der Waals surface area contributed by atoms with Crippen LogP contribution >= 0.6 is 24.0 Å². The molecule has 1 unspecified atom stereocenters. The first-order valence-corrected chi connectivity index (χ1v) is 8.47. The number of guanidine groups is 1. The van der Waals surface area contributed by atoms with Crippen molar-refractivity contribution in [3.8, 4) is 0 Å². The summed E-state index contributed by atoms with van der Waals surface area (Å²) in [6, 6.07) is 3.84. The van der Waals surface area contributed by atoms with Crippen LogP contribution in [0.15, 0.2) is 29.5 Å². The number of carbonyl (C=O) groups excluding carboxylic acids is 1. The summed E-state index contributed by atoms with van der Waals surface area (Å²) < 4.78 is 0. The summed E-state index contributed by atoms with van der Waals surface area (Å²) in [5, 5.41) is 9.44. The minimum atomic E-state index is -0.119. The van der Waals surface area contributed by atoms with Gasteiger partial charge in [0.05, 0.1) is 5.56 Å². The molecule has 1 heterocycles. The van der Waals surface area contributed by atoms with Crippen LogP contribution in [-0.4, -0.2) is 43.0 Å². The number of hydrogen-bond acceptors (Lipinski definition) is 3. The molecule has 25 heavy (non-hydrogen) atoms. The molecule has 1 aromatic heterocycles. The number of carbonyl (C=O) groups is 1. The lowest BCUT2D eigenvalue weighted by Gasteiger charge is -2.23. The van der Waals surface area contributed by atoms with E-state index in [1.54, 1.807) is 31.6 Å². The van der Waals surface area contributed by atoms with E-state index in [0.29, 0.717) is 30.1 Å². The molecule has 3 N–H and O–H groups in total. The predicted octanol–water partition coefficient (Wildman–Crippen LogP) is 2.81. The van der Waals surface area contributed by atoms with Gasteiger partial charge in [-0.15, -0.1) is 24.0 Å². The Kier molecular flexibility index (Phi) is 11.4. The van der Waals surface area contributed by atoms with Crippen molar-refractivity contribution in [2.45, 2.75) is 46.6 Å². The fraction of sp³-hybridized carbons (Fsp3) is 0.611. The van der Waals surface area contributed by atoms with E-state index in [4.69, 9.17) is 0 Å². The Balaban J connectivity index is 0.00000576. The lowest BCUT2D eigenvalue weighted by Crippen LogP contribution is -2.45. The predicted molar refractivity (Wildman–Crippen MR) is 115 cm³/mol. The van der Waals surface area contributed by atoms with Crippen LogP contribution in [0.1, 0.15) is 50.9 Å². The molecular weight excluding hydrogens is 429 g/mol. The zero-order chi connectivity index (χ0) is 18.0. The molecule has 0 aromatic carbocycles. The van der Waals surface area contributed by atoms with E-state index in [0.717, 1.165) is 18.8 Å². The molecule has 0 radical (unpaired) electrons. The third-order valence-electron chi connectivity index (χ3n) is 3.56. The molecule has 0 aliphatic rings. The topological polar surface area (TPSA) is 78.4 Å². The molecule has 0 saturated heterocycles. The lowest BCUT2D eigenvalue weighted by atomic mass is 9.89. The van der Waals surface area contributed by atoms with E-state index < -0.39 is 0 Å². The molecule has 0 saturated carbocycles. The lowest BCUT2D eigenvalue weighted by molar-refractivity contribution is 0.0954. The molecule has 7 heteroatoms. The van der Waals surface area contributed by atoms with Gasteiger partial charge in [0.15, 0.2) is 5.96 Å². The summed E-state index contributed by atoms with van der Waals surface area (Å²) in [6.07, 6.45) is 5.44.